The summed E-state index contributed by atoms with van der Waals surface area (Å²) in [5.74, 6) is -0.0194. The number of aryl methyl sites for hydroxylation is 1. The molecule has 28 heavy (non-hydrogen) atoms. The van der Waals surface area contributed by atoms with E-state index >= 15 is 0 Å². The Kier molecular flexibility index (Phi) is 8.04. The summed E-state index contributed by atoms with van der Waals surface area (Å²) in [4.78, 5) is 28.1. The first-order valence-corrected chi connectivity index (χ1v) is 10.3. The van der Waals surface area contributed by atoms with Crippen LogP contribution in [0.2, 0.25) is 0 Å². The fourth-order valence-electron chi connectivity index (χ4n) is 3.38. The highest BCUT2D eigenvalue weighted by Gasteiger charge is 2.35. The Morgan fingerprint density at radius 3 is 2.79 bits per heavy atom. The molecule has 1 aromatic heterocycles. The molecular weight excluding hydrogens is 394 g/mol. The van der Waals surface area contributed by atoms with Crippen LogP contribution >= 0.6 is 23.7 Å². The summed E-state index contributed by atoms with van der Waals surface area (Å²) in [6, 6.07) is 11.3. The molecule has 7 heteroatoms. The number of benzene rings is 1. The molecule has 1 atom stereocenters. The first kappa shape index (κ1) is 22.4. The summed E-state index contributed by atoms with van der Waals surface area (Å²) in [5.41, 5.74) is 7.11. The SMILES string of the molecule is CC1(CN)CCN(C(=O)c2cccc(NC(=O)CCCc3cccs3)c2)C1.Cl. The number of hydrogen-bond donors (Lipinski definition) is 2. The maximum Gasteiger partial charge on any atom is 0.253 e. The van der Waals surface area contributed by atoms with E-state index in [1.165, 1.54) is 4.88 Å². The lowest BCUT2D eigenvalue weighted by atomic mass is 9.90. The average Bonchev–Trinajstić information content (AvgIpc) is 3.32. The maximum absolute atomic E-state index is 12.8. The van der Waals surface area contributed by atoms with E-state index in [9.17, 15) is 9.59 Å². The maximum atomic E-state index is 12.8. The van der Waals surface area contributed by atoms with Crippen LogP contribution in [0.25, 0.3) is 0 Å². The molecule has 2 heterocycles. The second-order valence-electron chi connectivity index (χ2n) is 7.55. The number of likely N-dealkylation sites (tertiary alicyclic amines) is 1. The van der Waals surface area contributed by atoms with Gasteiger partial charge >= 0.3 is 0 Å². The Hall–Kier alpha value is -1.89. The van der Waals surface area contributed by atoms with Crippen molar-refractivity contribution in [2.45, 2.75) is 32.6 Å². The molecule has 3 N–H and O–H groups in total. The number of rotatable bonds is 7. The lowest BCUT2D eigenvalue weighted by Gasteiger charge is -2.22. The van der Waals surface area contributed by atoms with Crippen LogP contribution in [0.3, 0.4) is 0 Å². The number of carbonyl (C=O) groups excluding carboxylic acids is 2. The van der Waals surface area contributed by atoms with Gasteiger partial charge in [0.1, 0.15) is 0 Å². The minimum Gasteiger partial charge on any atom is -0.338 e. The second kappa shape index (κ2) is 10.0. The second-order valence-corrected chi connectivity index (χ2v) is 8.59. The normalized spacial score (nSPS) is 18.6. The van der Waals surface area contributed by atoms with Gasteiger partial charge in [-0.25, -0.2) is 0 Å². The number of nitrogens with zero attached hydrogens (tertiary/aromatic N) is 1. The number of anilines is 1. The van der Waals surface area contributed by atoms with Gasteiger partial charge in [-0.1, -0.05) is 19.1 Å². The largest absolute Gasteiger partial charge is 0.338 e. The van der Waals surface area contributed by atoms with Gasteiger partial charge in [0.25, 0.3) is 5.91 Å². The number of nitrogens with one attached hydrogen (secondary N) is 1. The molecule has 152 valence electrons. The Labute approximate surface area is 176 Å². The van der Waals surface area contributed by atoms with Crippen molar-refractivity contribution in [2.75, 3.05) is 25.0 Å². The Morgan fingerprint density at radius 1 is 1.29 bits per heavy atom. The van der Waals surface area contributed by atoms with Gasteiger partial charge in [0.2, 0.25) is 5.91 Å². The fourth-order valence-corrected chi connectivity index (χ4v) is 4.13. The molecule has 3 rings (SSSR count). The van der Waals surface area contributed by atoms with Crippen molar-refractivity contribution in [3.05, 3.63) is 52.2 Å². The molecule has 0 bridgehead atoms. The molecule has 0 aliphatic carbocycles. The van der Waals surface area contributed by atoms with Gasteiger partial charge in [-0.15, -0.1) is 23.7 Å². The van der Waals surface area contributed by atoms with Gasteiger partial charge in [-0.3, -0.25) is 9.59 Å². The van der Waals surface area contributed by atoms with E-state index in [2.05, 4.69) is 18.3 Å². The van der Waals surface area contributed by atoms with Crippen LogP contribution in [0, 0.1) is 5.41 Å². The van der Waals surface area contributed by atoms with Crippen molar-refractivity contribution >= 4 is 41.2 Å². The third kappa shape index (κ3) is 5.80. The predicted octanol–water partition coefficient (Wildman–Crippen LogP) is 3.94. The minimum absolute atomic E-state index is 0. The molecule has 0 radical (unpaired) electrons. The van der Waals surface area contributed by atoms with Crippen LogP contribution in [0.5, 0.6) is 0 Å². The molecule has 1 unspecified atom stereocenters. The van der Waals surface area contributed by atoms with Crippen LogP contribution in [0.4, 0.5) is 5.69 Å². The Morgan fingerprint density at radius 2 is 2.11 bits per heavy atom. The van der Waals surface area contributed by atoms with Gasteiger partial charge in [-0.2, -0.15) is 0 Å². The summed E-state index contributed by atoms with van der Waals surface area (Å²) >= 11 is 1.72. The summed E-state index contributed by atoms with van der Waals surface area (Å²) in [7, 11) is 0. The van der Waals surface area contributed by atoms with E-state index in [4.69, 9.17) is 5.73 Å². The molecule has 2 aromatic rings. The van der Waals surface area contributed by atoms with Crippen molar-refractivity contribution < 1.29 is 9.59 Å². The zero-order valence-electron chi connectivity index (χ0n) is 16.1. The van der Waals surface area contributed by atoms with Gasteiger partial charge < -0.3 is 16.0 Å². The standard InChI is InChI=1S/C21H27N3O2S.ClH/c1-21(14-22)10-11-24(15-21)20(26)16-5-2-6-17(13-16)23-19(25)9-3-7-18-8-4-12-27-18;/h2,4-6,8,12-13H,3,7,9-11,14-15,22H2,1H3,(H,23,25);1H. The van der Waals surface area contributed by atoms with Crippen LogP contribution < -0.4 is 11.1 Å². The third-order valence-electron chi connectivity index (χ3n) is 5.14. The summed E-state index contributed by atoms with van der Waals surface area (Å²) in [6.45, 7) is 4.11. The minimum atomic E-state index is -0.0203. The predicted molar refractivity (Wildman–Crippen MR) is 117 cm³/mol. The van der Waals surface area contributed by atoms with E-state index in [0.29, 0.717) is 30.8 Å². The Bertz CT molecular complexity index is 797. The zero-order chi connectivity index (χ0) is 19.3. The lowest BCUT2D eigenvalue weighted by molar-refractivity contribution is -0.116. The fraction of sp³-hybridized carbons (Fsp3) is 0.429. The van der Waals surface area contributed by atoms with Crippen molar-refractivity contribution in [2.24, 2.45) is 11.1 Å². The first-order chi connectivity index (χ1) is 13.0. The van der Waals surface area contributed by atoms with E-state index in [0.717, 1.165) is 25.8 Å². The molecule has 0 spiro atoms. The summed E-state index contributed by atoms with van der Waals surface area (Å²) < 4.78 is 0. The number of hydrogen-bond acceptors (Lipinski definition) is 4. The van der Waals surface area contributed by atoms with E-state index in [1.54, 1.807) is 23.5 Å². The van der Waals surface area contributed by atoms with E-state index < -0.39 is 0 Å². The zero-order valence-corrected chi connectivity index (χ0v) is 17.8. The van der Waals surface area contributed by atoms with Crippen LogP contribution in [-0.4, -0.2) is 36.3 Å². The van der Waals surface area contributed by atoms with Gasteiger partial charge in [-0.05, 0) is 60.9 Å². The molecule has 2 amide bonds. The molecule has 1 saturated heterocycles. The molecule has 1 fully saturated rings. The van der Waals surface area contributed by atoms with Gasteiger partial charge in [0.05, 0.1) is 0 Å². The van der Waals surface area contributed by atoms with Crippen LogP contribution in [-0.2, 0) is 11.2 Å². The highest BCUT2D eigenvalue weighted by atomic mass is 35.5. The molecule has 1 aliphatic heterocycles. The molecule has 5 nitrogen and oxygen atoms in total. The van der Waals surface area contributed by atoms with E-state index in [1.807, 2.05) is 28.5 Å². The smallest absolute Gasteiger partial charge is 0.253 e. The average molecular weight is 422 g/mol. The number of amides is 2. The number of halogens is 1. The van der Waals surface area contributed by atoms with Crippen LogP contribution in [0.15, 0.2) is 41.8 Å². The number of thiophene rings is 1. The summed E-state index contributed by atoms with van der Waals surface area (Å²) in [5, 5.41) is 4.96. The van der Waals surface area contributed by atoms with Crippen molar-refractivity contribution in [3.8, 4) is 0 Å². The molecule has 1 aromatic carbocycles. The molecule has 1 aliphatic rings. The number of carbonyl (C=O) groups is 2. The number of nitrogens with two attached hydrogens (primary N) is 1. The van der Waals surface area contributed by atoms with Crippen molar-refractivity contribution in [1.82, 2.24) is 4.90 Å². The molecular formula is C21H28ClN3O2S. The topological polar surface area (TPSA) is 75.4 Å². The third-order valence-corrected chi connectivity index (χ3v) is 6.07. The summed E-state index contributed by atoms with van der Waals surface area (Å²) in [6.07, 6.45) is 3.13. The van der Waals surface area contributed by atoms with Crippen LogP contribution in [0.1, 0.15) is 41.4 Å². The van der Waals surface area contributed by atoms with E-state index in [-0.39, 0.29) is 29.6 Å². The molecule has 0 saturated carbocycles. The monoisotopic (exact) mass is 421 g/mol. The van der Waals surface area contributed by atoms with Gasteiger partial charge in [0, 0.05) is 35.6 Å². The lowest BCUT2D eigenvalue weighted by Crippen LogP contribution is -2.34. The highest BCUT2D eigenvalue weighted by Crippen LogP contribution is 2.29. The first-order valence-electron chi connectivity index (χ1n) is 9.41. The van der Waals surface area contributed by atoms with Gasteiger partial charge in [0.15, 0.2) is 0 Å². The quantitative estimate of drug-likeness (QED) is 0.710. The van der Waals surface area contributed by atoms with Crippen molar-refractivity contribution in [1.29, 1.82) is 0 Å². The highest BCUT2D eigenvalue weighted by molar-refractivity contribution is 7.09. The Balaban J connectivity index is 0.00000280. The van der Waals surface area contributed by atoms with Crippen molar-refractivity contribution in [3.63, 3.8) is 0 Å².